The lowest BCUT2D eigenvalue weighted by Crippen LogP contribution is -2.25. The number of H-pyrrole nitrogens is 2. The molecule has 166 valence electrons. The molecule has 0 spiro atoms. The number of hydrogen-bond donors (Lipinski definition) is 2. The van der Waals surface area contributed by atoms with Crippen molar-refractivity contribution in [3.63, 3.8) is 0 Å². The predicted molar refractivity (Wildman–Crippen MR) is 129 cm³/mol. The van der Waals surface area contributed by atoms with Gasteiger partial charge in [-0.1, -0.05) is 35.9 Å². The van der Waals surface area contributed by atoms with Crippen LogP contribution in [0.5, 0.6) is 11.5 Å². The topological polar surface area (TPSA) is 127 Å². The molecule has 0 aliphatic heterocycles. The molecule has 0 atom stereocenters. The minimum Gasteiger partial charge on any atom is -0.490 e. The summed E-state index contributed by atoms with van der Waals surface area (Å²) in [5, 5.41) is 11.8. The maximum atomic E-state index is 11.8. The van der Waals surface area contributed by atoms with Gasteiger partial charge in [0.2, 0.25) is 0 Å². The Kier molecular flexibility index (Phi) is 7.70. The van der Waals surface area contributed by atoms with Crippen LogP contribution in [0.1, 0.15) is 23.7 Å². The van der Waals surface area contributed by atoms with Gasteiger partial charge < -0.3 is 14.5 Å². The third-order valence-corrected chi connectivity index (χ3v) is 5.40. The number of rotatable bonds is 8. The average molecular weight is 570 g/mol. The first-order chi connectivity index (χ1) is 15.3. The monoisotopic (exact) mass is 569 g/mol. The van der Waals surface area contributed by atoms with Gasteiger partial charge >= 0.3 is 16.9 Å². The highest BCUT2D eigenvalue weighted by molar-refractivity contribution is 14.1. The van der Waals surface area contributed by atoms with Crippen LogP contribution >= 0.6 is 34.2 Å². The Morgan fingerprint density at radius 1 is 1.16 bits per heavy atom. The third kappa shape index (κ3) is 5.56. The van der Waals surface area contributed by atoms with Gasteiger partial charge in [0.05, 0.1) is 15.1 Å². The molecule has 3 rings (SSSR count). The Labute approximate surface area is 200 Å². The van der Waals surface area contributed by atoms with Crippen molar-refractivity contribution in [2.45, 2.75) is 13.5 Å². The molecule has 0 aliphatic carbocycles. The molecule has 9 nitrogen and oxygen atoms in total. The summed E-state index contributed by atoms with van der Waals surface area (Å²) >= 11 is 8.29. The van der Waals surface area contributed by atoms with Crippen LogP contribution in [-0.4, -0.2) is 21.5 Å². The fraction of sp³-hybridized carbons (Fsp3) is 0.143. The Morgan fingerprint density at radius 3 is 2.59 bits per heavy atom. The number of aromatic amines is 2. The molecule has 2 aromatic carbocycles. The minimum absolute atomic E-state index is 0.212. The molecule has 0 unspecified atom stereocenters. The SMILES string of the molecule is CCOc1cc(/C=C\c2[nH]c(=O)[nH]c(=O)c2[N+](=O)[O-])cc(I)c1OCc1ccccc1Cl. The summed E-state index contributed by atoms with van der Waals surface area (Å²) in [7, 11) is 0. The maximum absolute atomic E-state index is 11.8. The summed E-state index contributed by atoms with van der Waals surface area (Å²) in [6.07, 6.45) is 2.82. The van der Waals surface area contributed by atoms with Gasteiger partial charge in [0.25, 0.3) is 0 Å². The second-order valence-electron chi connectivity index (χ2n) is 6.40. The van der Waals surface area contributed by atoms with Gasteiger partial charge in [-0.25, -0.2) is 4.79 Å². The van der Waals surface area contributed by atoms with E-state index in [0.29, 0.717) is 28.7 Å². The van der Waals surface area contributed by atoms with Crippen molar-refractivity contribution >= 4 is 52.0 Å². The van der Waals surface area contributed by atoms with Gasteiger partial charge in [-0.15, -0.1) is 0 Å². The lowest BCUT2D eigenvalue weighted by molar-refractivity contribution is -0.386. The molecule has 2 N–H and O–H groups in total. The Hall–Kier alpha value is -3.12. The van der Waals surface area contributed by atoms with Gasteiger partial charge in [-0.3, -0.25) is 19.9 Å². The maximum Gasteiger partial charge on any atom is 0.357 e. The van der Waals surface area contributed by atoms with Crippen molar-refractivity contribution in [2.24, 2.45) is 0 Å². The van der Waals surface area contributed by atoms with E-state index in [9.17, 15) is 19.7 Å². The number of benzene rings is 2. The molecule has 32 heavy (non-hydrogen) atoms. The highest BCUT2D eigenvalue weighted by atomic mass is 127. The van der Waals surface area contributed by atoms with Crippen LogP contribution in [0.2, 0.25) is 5.02 Å². The van der Waals surface area contributed by atoms with Gasteiger partial charge in [-0.05, 0) is 59.4 Å². The van der Waals surface area contributed by atoms with Crippen molar-refractivity contribution < 1.29 is 14.4 Å². The Bertz CT molecular complexity index is 1300. The van der Waals surface area contributed by atoms with Crippen molar-refractivity contribution in [3.05, 3.63) is 92.8 Å². The van der Waals surface area contributed by atoms with E-state index in [1.165, 1.54) is 12.2 Å². The molecule has 0 fully saturated rings. The number of nitro groups is 1. The van der Waals surface area contributed by atoms with E-state index >= 15 is 0 Å². The van der Waals surface area contributed by atoms with Crippen LogP contribution in [0.15, 0.2) is 46.0 Å². The van der Waals surface area contributed by atoms with Crippen LogP contribution in [0.3, 0.4) is 0 Å². The van der Waals surface area contributed by atoms with Gasteiger partial charge in [-0.2, -0.15) is 0 Å². The molecule has 11 heteroatoms. The second kappa shape index (κ2) is 10.5. The number of nitrogens with zero attached hydrogens (tertiary/aromatic N) is 1. The summed E-state index contributed by atoms with van der Waals surface area (Å²) in [5.74, 6) is 1.00. The summed E-state index contributed by atoms with van der Waals surface area (Å²) in [6.45, 7) is 2.46. The quantitative estimate of drug-likeness (QED) is 0.236. The van der Waals surface area contributed by atoms with Gasteiger partial charge in [0, 0.05) is 10.6 Å². The van der Waals surface area contributed by atoms with Crippen molar-refractivity contribution in [1.82, 2.24) is 9.97 Å². The average Bonchev–Trinajstić information content (AvgIpc) is 2.72. The molecular formula is C21H17ClIN3O6. The lowest BCUT2D eigenvalue weighted by Gasteiger charge is -2.15. The molecule has 0 saturated carbocycles. The van der Waals surface area contributed by atoms with Crippen LogP contribution in [0, 0.1) is 13.7 Å². The number of aromatic nitrogens is 2. The molecule has 1 heterocycles. The van der Waals surface area contributed by atoms with Crippen LogP contribution < -0.4 is 20.7 Å². The fourth-order valence-corrected chi connectivity index (χ4v) is 3.80. The fourth-order valence-electron chi connectivity index (χ4n) is 2.83. The zero-order valence-electron chi connectivity index (χ0n) is 16.7. The summed E-state index contributed by atoms with van der Waals surface area (Å²) < 4.78 is 12.4. The molecule has 0 amide bonds. The molecule has 1 aromatic heterocycles. The largest absolute Gasteiger partial charge is 0.490 e. The van der Waals surface area contributed by atoms with Crippen LogP contribution in [0.4, 0.5) is 5.69 Å². The Morgan fingerprint density at radius 2 is 1.91 bits per heavy atom. The standard InChI is InChI=1S/C21H17ClIN3O6/c1-2-31-17-10-12(7-8-16-18(26(29)30)20(27)25-21(28)24-16)9-15(23)19(17)32-11-13-5-3-4-6-14(13)22/h3-10H,2,11H2,1H3,(H2,24,25,27,28)/b8-7-. The summed E-state index contributed by atoms with van der Waals surface area (Å²) in [5.41, 5.74) is -1.43. The minimum atomic E-state index is -1.08. The van der Waals surface area contributed by atoms with E-state index in [-0.39, 0.29) is 12.3 Å². The van der Waals surface area contributed by atoms with E-state index in [1.54, 1.807) is 18.2 Å². The summed E-state index contributed by atoms with van der Waals surface area (Å²) in [6, 6.07) is 10.8. The number of hydrogen-bond acceptors (Lipinski definition) is 6. The van der Waals surface area contributed by atoms with E-state index in [0.717, 1.165) is 9.13 Å². The van der Waals surface area contributed by atoms with Crippen molar-refractivity contribution in [3.8, 4) is 11.5 Å². The molecule has 0 aliphatic rings. The van der Waals surface area contributed by atoms with Crippen molar-refractivity contribution in [2.75, 3.05) is 6.61 Å². The molecule has 0 radical (unpaired) electrons. The van der Waals surface area contributed by atoms with Crippen molar-refractivity contribution in [1.29, 1.82) is 0 Å². The van der Waals surface area contributed by atoms with Gasteiger partial charge in [0.1, 0.15) is 12.3 Å². The van der Waals surface area contributed by atoms with E-state index in [2.05, 4.69) is 27.6 Å². The third-order valence-electron chi connectivity index (χ3n) is 4.23. The smallest absolute Gasteiger partial charge is 0.357 e. The molecule has 0 bridgehead atoms. The first kappa shape index (κ1) is 23.5. The first-order valence-corrected chi connectivity index (χ1v) is 10.8. The highest BCUT2D eigenvalue weighted by Crippen LogP contribution is 2.36. The lowest BCUT2D eigenvalue weighted by atomic mass is 10.1. The number of ether oxygens (including phenoxy) is 2. The molecule has 3 aromatic rings. The zero-order chi connectivity index (χ0) is 23.3. The van der Waals surface area contributed by atoms with E-state index in [4.69, 9.17) is 21.1 Å². The molecule has 0 saturated heterocycles. The van der Waals surface area contributed by atoms with E-state index in [1.807, 2.05) is 30.1 Å². The van der Waals surface area contributed by atoms with Crippen LogP contribution in [0.25, 0.3) is 12.2 Å². The normalized spacial score (nSPS) is 11.0. The van der Waals surface area contributed by atoms with E-state index < -0.39 is 21.9 Å². The predicted octanol–water partition coefficient (Wildman–Crippen LogP) is 4.38. The van der Waals surface area contributed by atoms with Gasteiger partial charge in [0.15, 0.2) is 11.5 Å². The van der Waals surface area contributed by atoms with Crippen LogP contribution in [-0.2, 0) is 6.61 Å². The Balaban J connectivity index is 1.94. The zero-order valence-corrected chi connectivity index (χ0v) is 19.6. The molecular weight excluding hydrogens is 553 g/mol. The second-order valence-corrected chi connectivity index (χ2v) is 7.97. The first-order valence-electron chi connectivity index (χ1n) is 9.31. The summed E-state index contributed by atoms with van der Waals surface area (Å²) in [4.78, 5) is 37.8. The number of halogens is 2. The highest BCUT2D eigenvalue weighted by Gasteiger charge is 2.19. The number of nitrogens with one attached hydrogen (secondary N) is 2.